The summed E-state index contributed by atoms with van der Waals surface area (Å²) in [6.45, 7) is 2.06. The van der Waals surface area contributed by atoms with E-state index in [0.717, 1.165) is 17.9 Å². The van der Waals surface area contributed by atoms with Gasteiger partial charge in [0, 0.05) is 13.1 Å². The number of hydrogen-bond acceptors (Lipinski definition) is 3. The second kappa shape index (κ2) is 8.11. The molecule has 0 bridgehead atoms. The number of alkyl halides is 1. The van der Waals surface area contributed by atoms with Crippen molar-refractivity contribution in [2.75, 3.05) is 32.6 Å². The first-order valence-corrected chi connectivity index (χ1v) is 6.93. The highest BCUT2D eigenvalue weighted by molar-refractivity contribution is 9.09. The van der Waals surface area contributed by atoms with Gasteiger partial charge in [-0.15, -0.1) is 0 Å². The smallest absolute Gasteiger partial charge is 0.230 e. The van der Waals surface area contributed by atoms with Crippen LogP contribution in [-0.4, -0.2) is 43.4 Å². The molecule has 0 aromatic heterocycles. The molecule has 0 atom stereocenters. The van der Waals surface area contributed by atoms with Crippen LogP contribution < -0.4 is 10.1 Å². The predicted octanol–water partition coefficient (Wildman–Crippen LogP) is 1.64. The molecule has 0 saturated carbocycles. The Morgan fingerprint density at radius 3 is 2.89 bits per heavy atom. The predicted molar refractivity (Wildman–Crippen MR) is 76.1 cm³/mol. The molecule has 1 rings (SSSR count). The fourth-order valence-electron chi connectivity index (χ4n) is 1.34. The van der Waals surface area contributed by atoms with E-state index in [-0.39, 0.29) is 5.91 Å². The minimum Gasteiger partial charge on any atom is -0.492 e. The number of amides is 1. The molecule has 0 aliphatic carbocycles. The second-order valence-corrected chi connectivity index (χ2v) is 4.77. The first-order valence-electron chi connectivity index (χ1n) is 5.81. The molecule has 100 valence electrons. The molecule has 0 unspecified atom stereocenters. The molecule has 0 spiro atoms. The normalized spacial score (nSPS) is 10.4. The number of nitrogens with zero attached hydrogens (tertiary/aromatic N) is 1. The third-order valence-corrected chi connectivity index (χ3v) is 2.83. The van der Waals surface area contributed by atoms with E-state index in [9.17, 15) is 4.79 Å². The van der Waals surface area contributed by atoms with Gasteiger partial charge in [0.05, 0.1) is 5.33 Å². The van der Waals surface area contributed by atoms with E-state index in [1.807, 2.05) is 38.4 Å². The van der Waals surface area contributed by atoms with Crippen LogP contribution >= 0.6 is 15.9 Å². The van der Waals surface area contributed by atoms with Crippen molar-refractivity contribution in [2.24, 2.45) is 0 Å². The summed E-state index contributed by atoms with van der Waals surface area (Å²) in [5.74, 6) is 0.816. The van der Waals surface area contributed by atoms with Gasteiger partial charge in [0.25, 0.3) is 0 Å². The van der Waals surface area contributed by atoms with E-state index in [2.05, 4.69) is 26.1 Å². The Hall–Kier alpha value is -1.07. The molecule has 1 amide bonds. The van der Waals surface area contributed by atoms with Crippen molar-refractivity contribution in [3.05, 3.63) is 29.8 Å². The summed E-state index contributed by atoms with van der Waals surface area (Å²) in [5, 5.41) is 3.13. The minimum atomic E-state index is -0.0195. The Morgan fingerprint density at radius 2 is 2.22 bits per heavy atom. The highest BCUT2D eigenvalue weighted by atomic mass is 79.9. The zero-order valence-corrected chi connectivity index (χ0v) is 12.4. The maximum absolute atomic E-state index is 11.1. The van der Waals surface area contributed by atoms with Crippen LogP contribution in [0.5, 0.6) is 5.75 Å². The van der Waals surface area contributed by atoms with Crippen molar-refractivity contribution in [3.8, 4) is 5.75 Å². The van der Waals surface area contributed by atoms with Crippen LogP contribution in [0.25, 0.3) is 0 Å². The largest absolute Gasteiger partial charge is 0.492 e. The lowest BCUT2D eigenvalue weighted by molar-refractivity contribution is -0.118. The molecule has 5 heteroatoms. The molecule has 1 N–H and O–H groups in total. The van der Waals surface area contributed by atoms with Gasteiger partial charge in [0.15, 0.2) is 0 Å². The molecule has 0 heterocycles. The fourth-order valence-corrected chi connectivity index (χ4v) is 1.54. The molecule has 18 heavy (non-hydrogen) atoms. The van der Waals surface area contributed by atoms with Crippen LogP contribution in [0.4, 0.5) is 0 Å². The average Bonchev–Trinajstić information content (AvgIpc) is 2.36. The van der Waals surface area contributed by atoms with Crippen molar-refractivity contribution in [1.82, 2.24) is 10.2 Å². The van der Waals surface area contributed by atoms with Gasteiger partial charge >= 0.3 is 0 Å². The molecule has 1 aromatic rings. The second-order valence-electron chi connectivity index (χ2n) is 4.21. The van der Waals surface area contributed by atoms with Crippen molar-refractivity contribution in [3.63, 3.8) is 0 Å². The van der Waals surface area contributed by atoms with Gasteiger partial charge < -0.3 is 15.0 Å². The van der Waals surface area contributed by atoms with Gasteiger partial charge in [0.1, 0.15) is 12.4 Å². The SMILES string of the molecule is CN(C)CCOc1cccc(CNC(=O)CBr)c1. The zero-order valence-electron chi connectivity index (χ0n) is 10.8. The summed E-state index contributed by atoms with van der Waals surface area (Å²) in [5.41, 5.74) is 1.03. The van der Waals surface area contributed by atoms with Gasteiger partial charge in [0.2, 0.25) is 5.91 Å². The Morgan fingerprint density at radius 1 is 1.44 bits per heavy atom. The molecular weight excluding hydrogens is 296 g/mol. The first kappa shape index (κ1) is 15.0. The van der Waals surface area contributed by atoms with Crippen LogP contribution in [0, 0.1) is 0 Å². The van der Waals surface area contributed by atoms with Crippen LogP contribution in [0.1, 0.15) is 5.56 Å². The zero-order chi connectivity index (χ0) is 13.4. The van der Waals surface area contributed by atoms with Crippen LogP contribution in [0.3, 0.4) is 0 Å². The first-order chi connectivity index (χ1) is 8.61. The van der Waals surface area contributed by atoms with E-state index >= 15 is 0 Å². The van der Waals surface area contributed by atoms with E-state index in [1.54, 1.807) is 0 Å². The highest BCUT2D eigenvalue weighted by Gasteiger charge is 2.00. The van der Waals surface area contributed by atoms with Gasteiger partial charge in [-0.2, -0.15) is 0 Å². The Bertz CT molecular complexity index is 383. The summed E-state index contributed by atoms with van der Waals surface area (Å²) in [6.07, 6.45) is 0. The molecule has 0 fully saturated rings. The van der Waals surface area contributed by atoms with Gasteiger partial charge in [-0.25, -0.2) is 0 Å². The lowest BCUT2D eigenvalue weighted by Gasteiger charge is -2.12. The maximum Gasteiger partial charge on any atom is 0.230 e. The number of halogens is 1. The third kappa shape index (κ3) is 6.02. The topological polar surface area (TPSA) is 41.6 Å². The standard InChI is InChI=1S/C13H19BrN2O2/c1-16(2)6-7-18-12-5-3-4-11(8-12)10-15-13(17)9-14/h3-5,8H,6-7,9-10H2,1-2H3,(H,15,17). The molecule has 0 aliphatic rings. The number of nitrogens with one attached hydrogen (secondary N) is 1. The van der Waals surface area contributed by atoms with Crippen LogP contribution in [-0.2, 0) is 11.3 Å². The maximum atomic E-state index is 11.1. The van der Waals surface area contributed by atoms with Gasteiger partial charge in [-0.3, -0.25) is 4.79 Å². The van der Waals surface area contributed by atoms with Crippen LogP contribution in [0.15, 0.2) is 24.3 Å². The molecular formula is C13H19BrN2O2. The molecule has 1 aromatic carbocycles. The van der Waals surface area contributed by atoms with Crippen molar-refractivity contribution in [2.45, 2.75) is 6.54 Å². The number of carbonyl (C=O) groups is 1. The average molecular weight is 315 g/mol. The summed E-state index contributed by atoms with van der Waals surface area (Å²) < 4.78 is 5.63. The monoisotopic (exact) mass is 314 g/mol. The summed E-state index contributed by atoms with van der Waals surface area (Å²) in [6, 6.07) is 7.77. The number of ether oxygens (including phenoxy) is 1. The van der Waals surface area contributed by atoms with E-state index in [0.29, 0.717) is 18.5 Å². The van der Waals surface area contributed by atoms with Crippen molar-refractivity contribution >= 4 is 21.8 Å². The number of carbonyl (C=O) groups excluding carboxylic acids is 1. The quantitative estimate of drug-likeness (QED) is 0.778. The Labute approximate surface area is 116 Å². The molecule has 0 saturated heterocycles. The fraction of sp³-hybridized carbons (Fsp3) is 0.462. The van der Waals surface area contributed by atoms with Crippen molar-refractivity contribution in [1.29, 1.82) is 0 Å². The molecule has 0 radical (unpaired) electrons. The summed E-state index contributed by atoms with van der Waals surface area (Å²) in [4.78, 5) is 13.2. The third-order valence-electron chi connectivity index (χ3n) is 2.32. The van der Waals surface area contributed by atoms with Crippen molar-refractivity contribution < 1.29 is 9.53 Å². The van der Waals surface area contributed by atoms with E-state index in [4.69, 9.17) is 4.74 Å². The lowest BCUT2D eigenvalue weighted by atomic mass is 10.2. The summed E-state index contributed by atoms with van der Waals surface area (Å²) in [7, 11) is 4.02. The van der Waals surface area contributed by atoms with Crippen LogP contribution in [0.2, 0.25) is 0 Å². The van der Waals surface area contributed by atoms with E-state index < -0.39 is 0 Å². The minimum absolute atomic E-state index is 0.0195. The lowest BCUT2D eigenvalue weighted by Crippen LogP contribution is -2.23. The molecule has 4 nitrogen and oxygen atoms in total. The van der Waals surface area contributed by atoms with E-state index in [1.165, 1.54) is 0 Å². The molecule has 0 aliphatic heterocycles. The number of likely N-dealkylation sites (N-methyl/N-ethyl adjacent to an activating group) is 1. The number of benzene rings is 1. The number of rotatable bonds is 7. The highest BCUT2D eigenvalue weighted by Crippen LogP contribution is 2.13. The van der Waals surface area contributed by atoms with Gasteiger partial charge in [-0.05, 0) is 31.8 Å². The number of hydrogen-bond donors (Lipinski definition) is 1. The Kier molecular flexibility index (Phi) is 6.75. The van der Waals surface area contributed by atoms with Gasteiger partial charge in [-0.1, -0.05) is 28.1 Å². The Balaban J connectivity index is 2.43. The summed E-state index contributed by atoms with van der Waals surface area (Å²) >= 11 is 3.11.